The summed E-state index contributed by atoms with van der Waals surface area (Å²) in [6.45, 7) is 15.2. The molecular formula is C36H59IN4O2Sn. The van der Waals surface area contributed by atoms with Gasteiger partial charge in [-0.05, 0) is 86.4 Å². The Morgan fingerprint density at radius 3 is 1.93 bits per heavy atom. The van der Waals surface area contributed by atoms with Gasteiger partial charge in [-0.1, -0.05) is 0 Å². The van der Waals surface area contributed by atoms with Gasteiger partial charge in [-0.2, -0.15) is 0 Å². The number of halogens is 1. The van der Waals surface area contributed by atoms with E-state index in [2.05, 4.69) is 90.3 Å². The standard InChI is InChI=1S/C20H29IN2O2.C4H3N2.3C4H9.Sn/c1-15(2)22-11-13-23(14-12-22)20(24)16-3-7-18(8-4-16)25-19-9-5-17(21)6-10-19;1-2-6-4-3-5-1;3*1-3-4-2;/h5-6,9-10,15-16,18H,3-4,7-8,11-14H2,1-2H3;1-3H;3*1,3-4H2,2H3;. The minimum absolute atomic E-state index is 0.196. The number of nitrogens with zero attached hydrogens (tertiary/aromatic N) is 4. The first kappa shape index (κ1) is 37.5. The van der Waals surface area contributed by atoms with E-state index in [0.29, 0.717) is 11.9 Å². The van der Waals surface area contributed by atoms with Crippen molar-refractivity contribution in [3.63, 3.8) is 0 Å². The quantitative estimate of drug-likeness (QED) is 0.142. The molecule has 1 aromatic heterocycles. The Morgan fingerprint density at radius 2 is 1.45 bits per heavy atom. The molecule has 2 fully saturated rings. The summed E-state index contributed by atoms with van der Waals surface area (Å²) >= 11 is 0.0327. The Balaban J connectivity index is 0.000000251. The molecule has 1 amide bonds. The molecule has 44 heavy (non-hydrogen) atoms. The summed E-state index contributed by atoms with van der Waals surface area (Å²) in [6.07, 6.45) is 18.1. The molecule has 246 valence electrons. The van der Waals surface area contributed by atoms with Gasteiger partial charge in [0.15, 0.2) is 0 Å². The monoisotopic (exact) mass is 826 g/mol. The number of benzene rings is 1. The maximum absolute atomic E-state index is 12.8. The molecule has 1 aliphatic carbocycles. The van der Waals surface area contributed by atoms with Crippen molar-refractivity contribution in [1.82, 2.24) is 19.8 Å². The van der Waals surface area contributed by atoms with E-state index in [1.54, 1.807) is 0 Å². The number of carbonyl (C=O) groups is 1. The van der Waals surface area contributed by atoms with Crippen molar-refractivity contribution in [3.8, 4) is 5.75 Å². The van der Waals surface area contributed by atoms with Crippen LogP contribution in [0.25, 0.3) is 0 Å². The van der Waals surface area contributed by atoms with Crippen molar-refractivity contribution in [1.29, 1.82) is 0 Å². The van der Waals surface area contributed by atoms with Gasteiger partial charge in [0.05, 0.1) is 6.10 Å². The Bertz CT molecular complexity index is 1030. The zero-order valence-electron chi connectivity index (χ0n) is 28.3. The van der Waals surface area contributed by atoms with Gasteiger partial charge in [0, 0.05) is 41.7 Å². The zero-order chi connectivity index (χ0) is 31.8. The van der Waals surface area contributed by atoms with Crippen LogP contribution in [0.5, 0.6) is 5.75 Å². The van der Waals surface area contributed by atoms with Crippen LogP contribution in [0.4, 0.5) is 0 Å². The fourth-order valence-corrected chi connectivity index (χ4v) is 22.2. The van der Waals surface area contributed by atoms with Gasteiger partial charge in [-0.15, -0.1) is 0 Å². The van der Waals surface area contributed by atoms with E-state index >= 15 is 0 Å². The van der Waals surface area contributed by atoms with Crippen molar-refractivity contribution in [2.45, 2.75) is 124 Å². The van der Waals surface area contributed by atoms with Gasteiger partial charge in [-0.25, -0.2) is 0 Å². The summed E-state index contributed by atoms with van der Waals surface area (Å²) in [4.78, 5) is 26.4. The number of aromatic nitrogens is 2. The molecule has 0 N–H and O–H groups in total. The summed E-state index contributed by atoms with van der Waals surface area (Å²) in [6, 6.07) is 8.79. The molecule has 1 saturated carbocycles. The fraction of sp³-hybridized carbons (Fsp3) is 0.694. The van der Waals surface area contributed by atoms with E-state index in [4.69, 9.17) is 9.72 Å². The van der Waals surface area contributed by atoms with Gasteiger partial charge in [-0.3, -0.25) is 9.69 Å². The van der Waals surface area contributed by atoms with E-state index in [1.807, 2.05) is 24.5 Å². The first-order chi connectivity index (χ1) is 21.3. The van der Waals surface area contributed by atoms with E-state index < -0.39 is 18.4 Å². The van der Waals surface area contributed by atoms with Crippen LogP contribution in [0.15, 0.2) is 42.9 Å². The van der Waals surface area contributed by atoms with E-state index in [9.17, 15) is 4.79 Å². The molecule has 4 rings (SSSR count). The Hall–Kier alpha value is -0.941. The van der Waals surface area contributed by atoms with Crippen LogP contribution in [0.3, 0.4) is 0 Å². The molecule has 0 spiro atoms. The number of unbranched alkanes of at least 4 members (excludes halogenated alkanes) is 3. The number of ether oxygens (including phenoxy) is 1. The second kappa shape index (κ2) is 20.3. The number of rotatable bonds is 14. The van der Waals surface area contributed by atoms with Crippen LogP contribution in [-0.4, -0.2) is 82.4 Å². The molecule has 2 heterocycles. The number of hydrogen-bond donors (Lipinski definition) is 0. The molecular weight excluding hydrogens is 766 g/mol. The summed E-state index contributed by atoms with van der Waals surface area (Å²) in [5, 5.41) is 0. The first-order valence-electron chi connectivity index (χ1n) is 17.5. The Labute approximate surface area is 286 Å². The summed E-state index contributed by atoms with van der Waals surface area (Å²) in [5.74, 6) is 1.51. The van der Waals surface area contributed by atoms with Crippen molar-refractivity contribution >= 4 is 50.6 Å². The van der Waals surface area contributed by atoms with Crippen LogP contribution in [-0.2, 0) is 4.79 Å². The summed E-state index contributed by atoms with van der Waals surface area (Å²) in [5.41, 5.74) is 0. The molecule has 0 radical (unpaired) electrons. The molecule has 0 unspecified atom stereocenters. The summed E-state index contributed by atoms with van der Waals surface area (Å²) in [7, 11) is 0. The van der Waals surface area contributed by atoms with Crippen LogP contribution >= 0.6 is 22.6 Å². The van der Waals surface area contributed by atoms with Crippen molar-refractivity contribution < 1.29 is 9.53 Å². The number of hydrogen-bond acceptors (Lipinski definition) is 5. The van der Waals surface area contributed by atoms with E-state index in [0.717, 1.165) is 57.6 Å². The summed E-state index contributed by atoms with van der Waals surface area (Å²) < 4.78 is 13.2. The topological polar surface area (TPSA) is 58.6 Å². The van der Waals surface area contributed by atoms with E-state index in [1.165, 1.54) is 59.1 Å². The van der Waals surface area contributed by atoms with E-state index in [-0.39, 0.29) is 12.0 Å². The zero-order valence-corrected chi connectivity index (χ0v) is 33.3. The second-order valence-corrected chi connectivity index (χ2v) is 27.5. The average Bonchev–Trinajstić information content (AvgIpc) is 3.06. The molecule has 8 heteroatoms. The van der Waals surface area contributed by atoms with Gasteiger partial charge in [0.1, 0.15) is 5.75 Å². The Kier molecular flexibility index (Phi) is 17.3. The molecule has 1 aromatic carbocycles. The molecule has 1 saturated heterocycles. The van der Waals surface area contributed by atoms with Gasteiger partial charge in [0.2, 0.25) is 5.91 Å². The molecule has 1 aliphatic heterocycles. The van der Waals surface area contributed by atoms with Gasteiger partial charge < -0.3 is 9.64 Å². The van der Waals surface area contributed by atoms with Crippen LogP contribution in [0.2, 0.25) is 13.3 Å². The minimum atomic E-state index is -2.27. The molecule has 0 bridgehead atoms. The van der Waals surface area contributed by atoms with Crippen molar-refractivity contribution in [3.05, 3.63) is 46.4 Å². The third kappa shape index (κ3) is 12.0. The van der Waals surface area contributed by atoms with Gasteiger partial charge >= 0.3 is 123 Å². The Morgan fingerprint density at radius 1 is 0.886 bits per heavy atom. The fourth-order valence-electron chi connectivity index (χ4n) is 6.73. The first-order valence-corrected chi connectivity index (χ1v) is 26.1. The third-order valence-corrected chi connectivity index (χ3v) is 25.4. The predicted molar refractivity (Wildman–Crippen MR) is 195 cm³/mol. The van der Waals surface area contributed by atoms with Crippen LogP contribution < -0.4 is 8.45 Å². The number of amides is 1. The normalized spacial score (nSPS) is 19.4. The third-order valence-electron chi connectivity index (χ3n) is 9.63. The van der Waals surface area contributed by atoms with Crippen LogP contribution in [0.1, 0.15) is 98.8 Å². The van der Waals surface area contributed by atoms with Crippen molar-refractivity contribution in [2.24, 2.45) is 5.92 Å². The van der Waals surface area contributed by atoms with Crippen LogP contribution in [0, 0.1) is 9.49 Å². The van der Waals surface area contributed by atoms with Crippen molar-refractivity contribution in [2.75, 3.05) is 26.2 Å². The average molecular weight is 826 g/mol. The molecule has 0 atom stereocenters. The predicted octanol–water partition coefficient (Wildman–Crippen LogP) is 8.31. The molecule has 6 nitrogen and oxygen atoms in total. The maximum atomic E-state index is 12.8. The SMILES string of the molecule is CC(C)N1CCN(C(=O)C2CCC(Oc3ccc(I)cc3)CC2)CC1.CCC[CH2][Sn]([CH2]CCC)([CH2]CCC)[c]1cnccn1. The second-order valence-electron chi connectivity index (χ2n) is 13.2. The van der Waals surface area contributed by atoms with Gasteiger partial charge in [0.25, 0.3) is 0 Å². The number of piperazine rings is 1. The molecule has 2 aliphatic rings. The number of carbonyl (C=O) groups excluding carboxylic acids is 1. The molecule has 2 aromatic rings.